The van der Waals surface area contributed by atoms with E-state index in [4.69, 9.17) is 40.4 Å². The topological polar surface area (TPSA) is 95.1 Å². The molecule has 0 fully saturated rings. The monoisotopic (exact) mass is 285 g/mol. The largest absolute Gasteiger partial charge is 0.404 e. The van der Waals surface area contributed by atoms with Crippen LogP contribution in [0.1, 0.15) is 10.4 Å². The zero-order valence-electron chi connectivity index (χ0n) is 9.49. The Morgan fingerprint density at radius 1 is 1.17 bits per heavy atom. The number of hydrogen-bond donors (Lipinski definition) is 3. The van der Waals surface area contributed by atoms with Gasteiger partial charge in [0.15, 0.2) is 5.78 Å². The number of rotatable bonds is 4. The Labute approximate surface area is 115 Å². The Balaban J connectivity index is 3.30. The molecule has 0 amide bonds. The van der Waals surface area contributed by atoms with Gasteiger partial charge in [-0.1, -0.05) is 29.3 Å². The summed E-state index contributed by atoms with van der Waals surface area (Å²) in [6, 6.07) is 4.79. The van der Waals surface area contributed by atoms with Crippen molar-refractivity contribution in [3.8, 4) is 0 Å². The molecule has 96 valence electrons. The van der Waals surface area contributed by atoms with E-state index in [9.17, 15) is 4.79 Å². The highest BCUT2D eigenvalue weighted by molar-refractivity contribution is 6.41. The number of nitrogens with two attached hydrogens (primary N) is 3. The fraction of sp³-hybridized carbons (Fsp3) is 0.0833. The van der Waals surface area contributed by atoms with E-state index >= 15 is 0 Å². The summed E-state index contributed by atoms with van der Waals surface area (Å²) in [5.41, 5.74) is 17.1. The van der Waals surface area contributed by atoms with Crippen LogP contribution in [0, 0.1) is 0 Å². The average Bonchev–Trinajstić information content (AvgIpc) is 2.35. The first-order chi connectivity index (χ1) is 8.56. The minimum absolute atomic E-state index is 0.0906. The third-order valence-electron chi connectivity index (χ3n) is 2.37. The second-order valence-corrected chi connectivity index (χ2v) is 4.22. The predicted octanol–water partition coefficient (Wildman–Crippen LogP) is 1.82. The average molecular weight is 286 g/mol. The second-order valence-electron chi connectivity index (χ2n) is 3.40. The maximum absolute atomic E-state index is 12.3. The number of benzene rings is 1. The molecule has 0 aliphatic carbocycles. The molecule has 0 aliphatic rings. The molecule has 0 spiro atoms. The van der Waals surface area contributed by atoms with Crippen LogP contribution in [0.15, 0.2) is 41.7 Å². The normalized spacial score (nSPS) is 12.6. The molecule has 18 heavy (non-hydrogen) atoms. The highest BCUT2D eigenvalue weighted by atomic mass is 35.5. The highest BCUT2D eigenvalue weighted by Crippen LogP contribution is 2.28. The van der Waals surface area contributed by atoms with Crippen LogP contribution < -0.4 is 17.2 Å². The van der Waals surface area contributed by atoms with Crippen molar-refractivity contribution in [2.45, 2.75) is 0 Å². The van der Waals surface area contributed by atoms with Gasteiger partial charge in [-0.15, -0.1) is 0 Å². The van der Waals surface area contributed by atoms with Crippen molar-refractivity contribution >= 4 is 29.0 Å². The summed E-state index contributed by atoms with van der Waals surface area (Å²) < 4.78 is 0. The molecule has 0 saturated heterocycles. The lowest BCUT2D eigenvalue weighted by molar-refractivity contribution is 0.103. The molecular formula is C12H13Cl2N3O. The summed E-state index contributed by atoms with van der Waals surface area (Å²) in [7, 11) is 0. The Bertz CT molecular complexity index is 504. The van der Waals surface area contributed by atoms with Crippen molar-refractivity contribution in [1.29, 1.82) is 0 Å². The minimum atomic E-state index is -0.407. The molecule has 6 N–H and O–H groups in total. The molecular weight excluding hydrogens is 273 g/mol. The molecule has 0 bridgehead atoms. The maximum Gasteiger partial charge on any atom is 0.197 e. The molecule has 0 aliphatic heterocycles. The summed E-state index contributed by atoms with van der Waals surface area (Å²) in [4.78, 5) is 12.3. The minimum Gasteiger partial charge on any atom is -0.404 e. The molecule has 1 aromatic rings. The van der Waals surface area contributed by atoms with E-state index < -0.39 is 5.78 Å². The van der Waals surface area contributed by atoms with Crippen LogP contribution in [-0.4, -0.2) is 12.3 Å². The van der Waals surface area contributed by atoms with E-state index in [1.165, 1.54) is 6.20 Å². The number of hydrogen-bond acceptors (Lipinski definition) is 4. The molecule has 0 unspecified atom stereocenters. The lowest BCUT2D eigenvalue weighted by atomic mass is 9.98. The lowest BCUT2D eigenvalue weighted by Crippen LogP contribution is -2.16. The van der Waals surface area contributed by atoms with E-state index in [0.717, 1.165) is 6.20 Å². The number of halogens is 2. The zero-order valence-corrected chi connectivity index (χ0v) is 11.0. The first-order valence-corrected chi connectivity index (χ1v) is 5.84. The van der Waals surface area contributed by atoms with Gasteiger partial charge in [-0.05, 0) is 23.9 Å². The summed E-state index contributed by atoms with van der Waals surface area (Å²) in [6.45, 7) is 0.0906. The highest BCUT2D eigenvalue weighted by Gasteiger charge is 2.20. The van der Waals surface area contributed by atoms with Gasteiger partial charge >= 0.3 is 0 Å². The van der Waals surface area contributed by atoms with E-state index in [2.05, 4.69) is 0 Å². The van der Waals surface area contributed by atoms with Crippen molar-refractivity contribution < 1.29 is 4.79 Å². The molecule has 1 rings (SSSR count). The van der Waals surface area contributed by atoms with Gasteiger partial charge in [-0.25, -0.2) is 0 Å². The number of carbonyl (C=O) groups excluding carboxylic acids is 1. The lowest BCUT2D eigenvalue weighted by Gasteiger charge is -2.10. The quantitative estimate of drug-likeness (QED) is 0.447. The fourth-order valence-corrected chi connectivity index (χ4v) is 2.01. The zero-order chi connectivity index (χ0) is 13.7. The first-order valence-electron chi connectivity index (χ1n) is 5.08. The van der Waals surface area contributed by atoms with E-state index in [1.54, 1.807) is 18.2 Å². The van der Waals surface area contributed by atoms with E-state index in [-0.39, 0.29) is 27.7 Å². The van der Waals surface area contributed by atoms with Crippen molar-refractivity contribution in [1.82, 2.24) is 0 Å². The van der Waals surface area contributed by atoms with Crippen molar-refractivity contribution in [3.05, 3.63) is 57.4 Å². The second kappa shape index (κ2) is 6.44. The molecule has 0 radical (unpaired) electrons. The Morgan fingerprint density at radius 2 is 1.72 bits per heavy atom. The molecule has 4 nitrogen and oxygen atoms in total. The van der Waals surface area contributed by atoms with E-state index in [1.807, 2.05) is 0 Å². The van der Waals surface area contributed by atoms with Gasteiger partial charge in [0.1, 0.15) is 0 Å². The van der Waals surface area contributed by atoms with Gasteiger partial charge < -0.3 is 17.2 Å². The van der Waals surface area contributed by atoms with Gasteiger partial charge in [-0.2, -0.15) is 0 Å². The van der Waals surface area contributed by atoms with E-state index in [0.29, 0.717) is 5.57 Å². The van der Waals surface area contributed by atoms with Crippen molar-refractivity contribution in [2.75, 3.05) is 6.54 Å². The fourth-order valence-electron chi connectivity index (χ4n) is 1.45. The number of carbonyl (C=O) groups is 1. The SMILES string of the molecule is N/C=C(CN)\C(=C/N)C(=O)c1c(Cl)cccc1Cl. The number of ketones is 1. The van der Waals surface area contributed by atoms with Gasteiger partial charge in [0.2, 0.25) is 0 Å². The van der Waals surface area contributed by atoms with Gasteiger partial charge in [-0.3, -0.25) is 4.79 Å². The van der Waals surface area contributed by atoms with Crippen molar-refractivity contribution in [3.63, 3.8) is 0 Å². The molecule has 0 aromatic heterocycles. The Morgan fingerprint density at radius 3 is 2.11 bits per heavy atom. The Hall–Kier alpha value is -1.49. The third kappa shape index (κ3) is 2.85. The Kier molecular flexibility index (Phi) is 5.22. The molecule has 6 heteroatoms. The molecule has 1 aromatic carbocycles. The van der Waals surface area contributed by atoms with Gasteiger partial charge in [0.05, 0.1) is 15.6 Å². The third-order valence-corrected chi connectivity index (χ3v) is 3.00. The summed E-state index contributed by atoms with van der Waals surface area (Å²) in [5, 5.41) is 0.500. The van der Waals surface area contributed by atoms with Crippen LogP contribution in [0.5, 0.6) is 0 Å². The van der Waals surface area contributed by atoms with Crippen LogP contribution >= 0.6 is 23.2 Å². The van der Waals surface area contributed by atoms with Crippen LogP contribution in [0.3, 0.4) is 0 Å². The number of Topliss-reactive ketones (excluding diaryl/α,β-unsaturated/α-hetero) is 1. The molecule has 0 saturated carbocycles. The molecule has 0 heterocycles. The van der Waals surface area contributed by atoms with Crippen molar-refractivity contribution in [2.24, 2.45) is 17.2 Å². The smallest absolute Gasteiger partial charge is 0.197 e. The van der Waals surface area contributed by atoms with Crippen LogP contribution in [-0.2, 0) is 0 Å². The van der Waals surface area contributed by atoms with Crippen LogP contribution in [0.25, 0.3) is 0 Å². The summed E-state index contributed by atoms with van der Waals surface area (Å²) >= 11 is 11.9. The predicted molar refractivity (Wildman–Crippen MR) is 74.4 cm³/mol. The first kappa shape index (κ1) is 14.6. The summed E-state index contributed by atoms with van der Waals surface area (Å²) in [6.07, 6.45) is 2.38. The van der Waals surface area contributed by atoms with Gasteiger partial charge in [0, 0.05) is 18.3 Å². The standard InChI is InChI=1S/C12H13Cl2N3O/c13-9-2-1-3-10(14)11(9)12(18)8(6-17)7(4-15)5-16/h1-4,6H,5,15-17H2/b7-4-,8-6+. The van der Waals surface area contributed by atoms with Crippen LogP contribution in [0.2, 0.25) is 10.0 Å². The molecule has 0 atom stereocenters. The summed E-state index contributed by atoms with van der Waals surface area (Å²) in [5.74, 6) is -0.407. The van der Waals surface area contributed by atoms with Crippen LogP contribution in [0.4, 0.5) is 0 Å². The maximum atomic E-state index is 12.3. The van der Waals surface area contributed by atoms with Gasteiger partial charge in [0.25, 0.3) is 0 Å².